The normalized spacial score (nSPS) is 16.9. The highest BCUT2D eigenvalue weighted by Crippen LogP contribution is 2.19. The SMILES string of the molecule is COCC1CCN(C(=O)c2ccc(Br)cn2)CC1. The van der Waals surface area contributed by atoms with Gasteiger partial charge >= 0.3 is 0 Å². The molecule has 1 aromatic rings. The van der Waals surface area contributed by atoms with Crippen molar-refractivity contribution in [3.8, 4) is 0 Å². The standard InChI is InChI=1S/C13H17BrN2O2/c1-18-9-10-4-6-16(7-5-10)13(17)12-3-2-11(14)8-15-12/h2-3,8,10H,4-7,9H2,1H3. The van der Waals surface area contributed by atoms with Gasteiger partial charge in [0, 0.05) is 37.5 Å². The number of carbonyl (C=O) groups excluding carboxylic acids is 1. The Labute approximate surface area is 115 Å². The lowest BCUT2D eigenvalue weighted by atomic mass is 9.97. The largest absolute Gasteiger partial charge is 0.384 e. The summed E-state index contributed by atoms with van der Waals surface area (Å²) in [5.74, 6) is 0.607. The molecule has 1 aromatic heterocycles. The molecule has 0 N–H and O–H groups in total. The van der Waals surface area contributed by atoms with Crippen LogP contribution in [0.4, 0.5) is 0 Å². The number of methoxy groups -OCH3 is 1. The van der Waals surface area contributed by atoms with Gasteiger partial charge in [-0.05, 0) is 46.8 Å². The summed E-state index contributed by atoms with van der Waals surface area (Å²) in [7, 11) is 1.73. The zero-order valence-corrected chi connectivity index (χ0v) is 12.0. The van der Waals surface area contributed by atoms with Gasteiger partial charge in [0.2, 0.25) is 0 Å². The maximum absolute atomic E-state index is 12.2. The number of aromatic nitrogens is 1. The van der Waals surface area contributed by atoms with Crippen molar-refractivity contribution in [1.82, 2.24) is 9.88 Å². The van der Waals surface area contributed by atoms with Crippen molar-refractivity contribution in [2.24, 2.45) is 5.92 Å². The second kappa shape index (κ2) is 6.29. The van der Waals surface area contributed by atoms with Gasteiger partial charge in [-0.15, -0.1) is 0 Å². The van der Waals surface area contributed by atoms with Crippen molar-refractivity contribution >= 4 is 21.8 Å². The van der Waals surface area contributed by atoms with Crippen LogP contribution in [0, 0.1) is 5.92 Å². The van der Waals surface area contributed by atoms with Crippen LogP contribution >= 0.6 is 15.9 Å². The van der Waals surface area contributed by atoms with Crippen LogP contribution in [0.15, 0.2) is 22.8 Å². The van der Waals surface area contributed by atoms with E-state index in [-0.39, 0.29) is 5.91 Å². The minimum Gasteiger partial charge on any atom is -0.384 e. The van der Waals surface area contributed by atoms with E-state index in [1.807, 2.05) is 11.0 Å². The molecule has 1 aliphatic rings. The minimum absolute atomic E-state index is 0.0263. The molecular formula is C13H17BrN2O2. The van der Waals surface area contributed by atoms with Crippen LogP contribution < -0.4 is 0 Å². The fraction of sp³-hybridized carbons (Fsp3) is 0.538. The van der Waals surface area contributed by atoms with Crippen LogP contribution in [0.25, 0.3) is 0 Å². The van der Waals surface area contributed by atoms with E-state index in [2.05, 4.69) is 20.9 Å². The molecule has 0 radical (unpaired) electrons. The Morgan fingerprint density at radius 3 is 2.78 bits per heavy atom. The van der Waals surface area contributed by atoms with Gasteiger partial charge in [-0.3, -0.25) is 4.79 Å². The van der Waals surface area contributed by atoms with Gasteiger partial charge in [-0.25, -0.2) is 4.98 Å². The molecule has 2 rings (SSSR count). The monoisotopic (exact) mass is 312 g/mol. The van der Waals surface area contributed by atoms with Gasteiger partial charge in [0.25, 0.3) is 5.91 Å². The number of hydrogen-bond donors (Lipinski definition) is 0. The van der Waals surface area contributed by atoms with Gasteiger partial charge < -0.3 is 9.64 Å². The average molecular weight is 313 g/mol. The van der Waals surface area contributed by atoms with Crippen molar-refractivity contribution in [3.05, 3.63) is 28.5 Å². The van der Waals surface area contributed by atoms with E-state index in [0.29, 0.717) is 11.6 Å². The molecule has 0 aliphatic carbocycles. The van der Waals surface area contributed by atoms with Crippen LogP contribution in [-0.2, 0) is 4.74 Å². The Morgan fingerprint density at radius 1 is 1.50 bits per heavy atom. The fourth-order valence-electron chi connectivity index (χ4n) is 2.20. The molecule has 0 unspecified atom stereocenters. The Hall–Kier alpha value is -0.940. The van der Waals surface area contributed by atoms with Crippen molar-refractivity contribution < 1.29 is 9.53 Å². The fourth-order valence-corrected chi connectivity index (χ4v) is 2.44. The van der Waals surface area contributed by atoms with Gasteiger partial charge in [0.05, 0.1) is 0 Å². The number of likely N-dealkylation sites (tertiary alicyclic amines) is 1. The average Bonchev–Trinajstić information content (AvgIpc) is 2.40. The highest BCUT2D eigenvalue weighted by molar-refractivity contribution is 9.10. The lowest BCUT2D eigenvalue weighted by molar-refractivity contribution is 0.0608. The van der Waals surface area contributed by atoms with Gasteiger partial charge in [-0.2, -0.15) is 0 Å². The molecule has 98 valence electrons. The highest BCUT2D eigenvalue weighted by Gasteiger charge is 2.24. The van der Waals surface area contributed by atoms with Crippen molar-refractivity contribution in [3.63, 3.8) is 0 Å². The first kappa shape index (κ1) is 13.5. The Kier molecular flexibility index (Phi) is 4.72. The predicted molar refractivity (Wildman–Crippen MR) is 72.4 cm³/mol. The zero-order chi connectivity index (χ0) is 13.0. The molecule has 0 aromatic carbocycles. The summed E-state index contributed by atoms with van der Waals surface area (Å²) in [6, 6.07) is 3.60. The summed E-state index contributed by atoms with van der Waals surface area (Å²) in [4.78, 5) is 18.2. The van der Waals surface area contributed by atoms with Crippen LogP contribution in [-0.4, -0.2) is 42.6 Å². The van der Waals surface area contributed by atoms with E-state index in [1.165, 1.54) is 0 Å². The molecule has 18 heavy (non-hydrogen) atoms. The molecule has 1 amide bonds. The second-order valence-corrected chi connectivity index (χ2v) is 5.47. The van der Waals surface area contributed by atoms with Crippen LogP contribution in [0.5, 0.6) is 0 Å². The summed E-state index contributed by atoms with van der Waals surface area (Å²) in [6.45, 7) is 2.38. The molecule has 0 spiro atoms. The quantitative estimate of drug-likeness (QED) is 0.860. The molecule has 1 saturated heterocycles. The molecule has 4 nitrogen and oxygen atoms in total. The summed E-state index contributed by atoms with van der Waals surface area (Å²) >= 11 is 3.31. The van der Waals surface area contributed by atoms with Gasteiger partial charge in [0.1, 0.15) is 5.69 Å². The number of amides is 1. The van der Waals surface area contributed by atoms with Crippen LogP contribution in [0.2, 0.25) is 0 Å². The smallest absolute Gasteiger partial charge is 0.272 e. The summed E-state index contributed by atoms with van der Waals surface area (Å²) in [5.41, 5.74) is 0.517. The Balaban J connectivity index is 1.93. The van der Waals surface area contributed by atoms with Crippen LogP contribution in [0.1, 0.15) is 23.3 Å². The van der Waals surface area contributed by atoms with E-state index in [1.54, 1.807) is 19.4 Å². The number of ether oxygens (including phenoxy) is 1. The topological polar surface area (TPSA) is 42.4 Å². The van der Waals surface area contributed by atoms with Gasteiger partial charge in [-0.1, -0.05) is 0 Å². The maximum atomic E-state index is 12.2. The third-order valence-electron chi connectivity index (χ3n) is 3.25. The number of hydrogen-bond acceptors (Lipinski definition) is 3. The molecular weight excluding hydrogens is 296 g/mol. The Morgan fingerprint density at radius 2 is 2.22 bits per heavy atom. The first-order chi connectivity index (χ1) is 8.70. The number of piperidine rings is 1. The number of nitrogens with zero attached hydrogens (tertiary/aromatic N) is 2. The van der Waals surface area contributed by atoms with Gasteiger partial charge in [0.15, 0.2) is 0 Å². The third-order valence-corrected chi connectivity index (χ3v) is 3.72. The first-order valence-corrected chi connectivity index (χ1v) is 6.89. The lowest BCUT2D eigenvalue weighted by Gasteiger charge is -2.31. The van der Waals surface area contributed by atoms with E-state index in [9.17, 15) is 4.79 Å². The first-order valence-electron chi connectivity index (χ1n) is 6.10. The molecule has 0 atom stereocenters. The van der Waals surface area contributed by atoms with E-state index < -0.39 is 0 Å². The molecule has 0 saturated carbocycles. The number of rotatable bonds is 3. The maximum Gasteiger partial charge on any atom is 0.272 e. The van der Waals surface area contributed by atoms with Crippen molar-refractivity contribution in [2.75, 3.05) is 26.8 Å². The summed E-state index contributed by atoms with van der Waals surface area (Å²) < 4.78 is 6.04. The summed E-state index contributed by atoms with van der Waals surface area (Å²) in [5, 5.41) is 0. The molecule has 1 aliphatic heterocycles. The zero-order valence-electron chi connectivity index (χ0n) is 10.4. The highest BCUT2D eigenvalue weighted by atomic mass is 79.9. The number of carbonyl (C=O) groups is 1. The molecule has 1 fully saturated rings. The minimum atomic E-state index is 0.0263. The van der Waals surface area contributed by atoms with E-state index in [0.717, 1.165) is 37.0 Å². The lowest BCUT2D eigenvalue weighted by Crippen LogP contribution is -2.39. The van der Waals surface area contributed by atoms with Crippen molar-refractivity contribution in [2.45, 2.75) is 12.8 Å². The number of pyridine rings is 1. The molecule has 0 bridgehead atoms. The second-order valence-electron chi connectivity index (χ2n) is 4.55. The molecule has 2 heterocycles. The summed E-state index contributed by atoms with van der Waals surface area (Å²) in [6.07, 6.45) is 3.68. The van der Waals surface area contributed by atoms with Crippen molar-refractivity contribution in [1.29, 1.82) is 0 Å². The van der Waals surface area contributed by atoms with E-state index in [4.69, 9.17) is 4.74 Å². The van der Waals surface area contributed by atoms with E-state index >= 15 is 0 Å². The third kappa shape index (κ3) is 3.29. The van der Waals surface area contributed by atoms with Crippen LogP contribution in [0.3, 0.4) is 0 Å². The Bertz CT molecular complexity index is 400. The predicted octanol–water partition coefficient (Wildman–Crippen LogP) is 2.34. The molecule has 5 heteroatoms. The number of halogens is 1.